The van der Waals surface area contributed by atoms with Gasteiger partial charge >= 0.3 is 0 Å². The molecule has 4 heteroatoms. The number of nitrogens with zero attached hydrogens (tertiary/aromatic N) is 2. The SMILES string of the molecule is C=CC(=C)C.C=CC=C.Nc1nccc2cc(Cl)ncc12. The molecule has 0 saturated heterocycles. The summed E-state index contributed by atoms with van der Waals surface area (Å²) in [6, 6.07) is 3.61. The van der Waals surface area contributed by atoms with Gasteiger partial charge in [0.25, 0.3) is 0 Å². The maximum absolute atomic E-state index is 5.70. The van der Waals surface area contributed by atoms with Gasteiger partial charge in [0.2, 0.25) is 0 Å². The number of fused-ring (bicyclic) bond motifs is 1. The Morgan fingerprint density at radius 1 is 1.24 bits per heavy atom. The predicted octanol–water partition coefficient (Wildman–Crippen LogP) is 4.97. The van der Waals surface area contributed by atoms with E-state index in [2.05, 4.69) is 36.3 Å². The molecular weight excluding hydrogens is 282 g/mol. The van der Waals surface area contributed by atoms with Crippen LogP contribution in [-0.4, -0.2) is 9.97 Å². The van der Waals surface area contributed by atoms with Gasteiger partial charge in [0, 0.05) is 17.8 Å². The van der Waals surface area contributed by atoms with Crippen molar-refractivity contribution in [2.45, 2.75) is 6.92 Å². The summed E-state index contributed by atoms with van der Waals surface area (Å²) in [5.74, 6) is 0.483. The van der Waals surface area contributed by atoms with Crippen LogP contribution in [0, 0.1) is 0 Å². The van der Waals surface area contributed by atoms with E-state index in [4.69, 9.17) is 17.3 Å². The second-order valence-electron chi connectivity index (χ2n) is 3.95. The first-order valence-corrected chi connectivity index (χ1v) is 6.51. The van der Waals surface area contributed by atoms with Crippen LogP contribution < -0.4 is 5.73 Å². The Kier molecular flexibility index (Phi) is 9.22. The summed E-state index contributed by atoms with van der Waals surface area (Å²) in [5.41, 5.74) is 6.63. The second-order valence-corrected chi connectivity index (χ2v) is 4.33. The highest BCUT2D eigenvalue weighted by Crippen LogP contribution is 2.19. The minimum atomic E-state index is 0.466. The third-order valence-electron chi connectivity index (χ3n) is 2.16. The highest BCUT2D eigenvalue weighted by atomic mass is 35.5. The number of halogens is 1. The molecule has 110 valence electrons. The molecule has 2 aromatic heterocycles. The molecule has 0 unspecified atom stereocenters. The van der Waals surface area contributed by atoms with Crippen molar-refractivity contribution in [2.75, 3.05) is 5.73 Å². The number of nitrogens with two attached hydrogens (primary N) is 1. The molecule has 0 atom stereocenters. The minimum absolute atomic E-state index is 0.466. The molecule has 3 nitrogen and oxygen atoms in total. The van der Waals surface area contributed by atoms with E-state index < -0.39 is 0 Å². The van der Waals surface area contributed by atoms with E-state index in [0.29, 0.717) is 11.0 Å². The highest BCUT2D eigenvalue weighted by Gasteiger charge is 1.98. The average molecular weight is 302 g/mol. The standard InChI is InChI=1S/C8H6ClN3.C5H8.C4H6/c9-7-3-5-1-2-11-8(10)6(5)4-12-7;1-4-5(2)3;1-3-4-2/h1-4H,(H2,10,11);4H,1-2H2,3H3;3-4H,1-2H2. The van der Waals surface area contributed by atoms with E-state index in [1.807, 2.05) is 13.0 Å². The summed E-state index contributed by atoms with van der Waals surface area (Å²) in [5, 5.41) is 2.26. The van der Waals surface area contributed by atoms with Crippen molar-refractivity contribution in [3.05, 3.63) is 79.8 Å². The molecule has 2 N–H and O–H groups in total. The molecule has 0 aromatic carbocycles. The van der Waals surface area contributed by atoms with E-state index in [-0.39, 0.29) is 0 Å². The quantitative estimate of drug-likeness (QED) is 0.629. The Labute approximate surface area is 131 Å². The first-order valence-electron chi connectivity index (χ1n) is 6.13. The lowest BCUT2D eigenvalue weighted by molar-refractivity contribution is 1.32. The lowest BCUT2D eigenvalue weighted by atomic mass is 10.2. The predicted molar refractivity (Wildman–Crippen MR) is 94.4 cm³/mol. The van der Waals surface area contributed by atoms with E-state index in [1.165, 1.54) is 0 Å². The number of aromatic nitrogens is 2. The van der Waals surface area contributed by atoms with Crippen LogP contribution in [0.5, 0.6) is 0 Å². The van der Waals surface area contributed by atoms with Crippen LogP contribution in [0.3, 0.4) is 0 Å². The maximum atomic E-state index is 5.70. The van der Waals surface area contributed by atoms with Crippen LogP contribution in [0.15, 0.2) is 74.6 Å². The highest BCUT2D eigenvalue weighted by molar-refractivity contribution is 6.30. The number of hydrogen-bond acceptors (Lipinski definition) is 3. The zero-order valence-corrected chi connectivity index (χ0v) is 13.0. The third-order valence-corrected chi connectivity index (χ3v) is 2.37. The number of pyridine rings is 2. The van der Waals surface area contributed by atoms with Crippen molar-refractivity contribution >= 4 is 28.2 Å². The molecule has 2 heterocycles. The van der Waals surface area contributed by atoms with Crippen molar-refractivity contribution in [3.8, 4) is 0 Å². The van der Waals surface area contributed by atoms with Gasteiger partial charge in [-0.15, -0.1) is 0 Å². The van der Waals surface area contributed by atoms with Gasteiger partial charge in [0.15, 0.2) is 0 Å². The Balaban J connectivity index is 0.000000374. The number of nitrogen functional groups attached to an aromatic ring is 1. The summed E-state index contributed by atoms with van der Waals surface area (Å²) in [6.45, 7) is 15.6. The molecule has 0 bridgehead atoms. The van der Waals surface area contributed by atoms with Crippen molar-refractivity contribution in [3.63, 3.8) is 0 Å². The van der Waals surface area contributed by atoms with Gasteiger partial charge in [-0.25, -0.2) is 9.97 Å². The Morgan fingerprint density at radius 3 is 2.29 bits per heavy atom. The van der Waals surface area contributed by atoms with E-state index in [1.54, 1.807) is 36.7 Å². The lowest BCUT2D eigenvalue weighted by Gasteiger charge is -1.99. The monoisotopic (exact) mass is 301 g/mol. The molecule has 0 aliphatic carbocycles. The molecule has 2 aromatic rings. The van der Waals surface area contributed by atoms with Gasteiger partial charge in [-0.2, -0.15) is 0 Å². The van der Waals surface area contributed by atoms with Crippen LogP contribution in [0.4, 0.5) is 5.82 Å². The normalized spacial score (nSPS) is 8.48. The van der Waals surface area contributed by atoms with Crippen molar-refractivity contribution in [1.29, 1.82) is 0 Å². The van der Waals surface area contributed by atoms with Gasteiger partial charge in [0.1, 0.15) is 11.0 Å². The minimum Gasteiger partial charge on any atom is -0.383 e. The van der Waals surface area contributed by atoms with E-state index >= 15 is 0 Å². The van der Waals surface area contributed by atoms with Crippen LogP contribution in [0.25, 0.3) is 10.8 Å². The first-order chi connectivity index (χ1) is 9.96. The topological polar surface area (TPSA) is 51.8 Å². The first kappa shape index (κ1) is 18.6. The van der Waals surface area contributed by atoms with E-state index in [0.717, 1.165) is 16.3 Å². The van der Waals surface area contributed by atoms with Crippen molar-refractivity contribution in [2.24, 2.45) is 0 Å². The molecule has 0 radical (unpaired) electrons. The maximum Gasteiger partial charge on any atom is 0.132 e. The molecule has 0 aliphatic rings. The Bertz CT molecular complexity index is 627. The van der Waals surface area contributed by atoms with Crippen LogP contribution in [0.1, 0.15) is 6.92 Å². The lowest BCUT2D eigenvalue weighted by Crippen LogP contribution is -1.91. The summed E-state index contributed by atoms with van der Waals surface area (Å²) >= 11 is 5.70. The fourth-order valence-corrected chi connectivity index (χ4v) is 1.23. The average Bonchev–Trinajstić information content (AvgIpc) is 2.48. The van der Waals surface area contributed by atoms with Gasteiger partial charge in [-0.05, 0) is 24.4 Å². The van der Waals surface area contributed by atoms with Gasteiger partial charge in [-0.3, -0.25) is 0 Å². The Morgan fingerprint density at radius 2 is 1.81 bits per heavy atom. The fourth-order valence-electron chi connectivity index (χ4n) is 1.06. The number of anilines is 1. The zero-order chi connectivity index (χ0) is 16.3. The van der Waals surface area contributed by atoms with Gasteiger partial charge in [0.05, 0.1) is 0 Å². The molecule has 0 fully saturated rings. The molecule has 0 amide bonds. The summed E-state index contributed by atoms with van der Waals surface area (Å²) in [4.78, 5) is 7.85. The number of allylic oxidation sites excluding steroid dienone is 4. The molecule has 0 spiro atoms. The molecule has 0 aliphatic heterocycles. The van der Waals surface area contributed by atoms with Crippen molar-refractivity contribution in [1.82, 2.24) is 9.97 Å². The number of rotatable bonds is 2. The van der Waals surface area contributed by atoms with Gasteiger partial charge < -0.3 is 5.73 Å². The van der Waals surface area contributed by atoms with Crippen LogP contribution in [0.2, 0.25) is 5.15 Å². The molecular formula is C17H20ClN3. The van der Waals surface area contributed by atoms with Crippen molar-refractivity contribution < 1.29 is 0 Å². The Hall–Kier alpha value is -2.39. The fraction of sp³-hybridized carbons (Fsp3) is 0.0588. The molecule has 21 heavy (non-hydrogen) atoms. The summed E-state index contributed by atoms with van der Waals surface area (Å²) < 4.78 is 0. The molecule has 2 rings (SSSR count). The zero-order valence-electron chi connectivity index (χ0n) is 12.2. The number of hydrogen-bond donors (Lipinski definition) is 1. The third kappa shape index (κ3) is 7.70. The van der Waals surface area contributed by atoms with Crippen LogP contribution in [-0.2, 0) is 0 Å². The largest absolute Gasteiger partial charge is 0.383 e. The van der Waals surface area contributed by atoms with Gasteiger partial charge in [-0.1, -0.05) is 61.7 Å². The summed E-state index contributed by atoms with van der Waals surface area (Å²) in [6.07, 6.45) is 8.27. The van der Waals surface area contributed by atoms with E-state index in [9.17, 15) is 0 Å². The smallest absolute Gasteiger partial charge is 0.132 e. The second kappa shape index (κ2) is 10.4. The summed E-state index contributed by atoms with van der Waals surface area (Å²) in [7, 11) is 0. The van der Waals surface area contributed by atoms with Crippen LogP contribution >= 0.6 is 11.6 Å². The molecule has 0 saturated carbocycles.